The zero-order chi connectivity index (χ0) is 12.7. The molecule has 3 rings (SSSR count). The van der Waals surface area contributed by atoms with Crippen LogP contribution in [-0.4, -0.2) is 37.6 Å². The summed E-state index contributed by atoms with van der Waals surface area (Å²) in [6.45, 7) is 4.64. The molecule has 96 valence electrons. The van der Waals surface area contributed by atoms with Crippen LogP contribution < -0.4 is 10.1 Å². The van der Waals surface area contributed by atoms with Gasteiger partial charge in [-0.05, 0) is 29.7 Å². The highest BCUT2D eigenvalue weighted by Gasteiger charge is 2.38. The number of nitrogens with zero attached hydrogens (tertiary/aromatic N) is 1. The van der Waals surface area contributed by atoms with Gasteiger partial charge in [0.2, 0.25) is 0 Å². The van der Waals surface area contributed by atoms with E-state index in [0.717, 1.165) is 42.9 Å². The summed E-state index contributed by atoms with van der Waals surface area (Å²) in [7, 11) is 1.66. The van der Waals surface area contributed by atoms with Gasteiger partial charge in [-0.2, -0.15) is 0 Å². The van der Waals surface area contributed by atoms with Gasteiger partial charge in [-0.15, -0.1) is 0 Å². The van der Waals surface area contributed by atoms with Crippen molar-refractivity contribution in [3.8, 4) is 5.75 Å². The summed E-state index contributed by atoms with van der Waals surface area (Å²) in [5.74, 6) is 0.981. The van der Waals surface area contributed by atoms with Gasteiger partial charge < -0.3 is 15.0 Å². The number of piperazine rings is 1. The topological polar surface area (TPSA) is 41.6 Å². The van der Waals surface area contributed by atoms with Crippen molar-refractivity contribution in [3.05, 3.63) is 28.8 Å². The van der Waals surface area contributed by atoms with Crippen LogP contribution in [0.1, 0.15) is 34.5 Å². The van der Waals surface area contributed by atoms with Crippen molar-refractivity contribution in [3.63, 3.8) is 0 Å². The van der Waals surface area contributed by atoms with E-state index in [0.29, 0.717) is 0 Å². The van der Waals surface area contributed by atoms with Gasteiger partial charge in [0.15, 0.2) is 0 Å². The van der Waals surface area contributed by atoms with E-state index in [1.54, 1.807) is 7.11 Å². The molecule has 0 radical (unpaired) electrons. The second-order valence-corrected chi connectivity index (χ2v) is 4.82. The smallest absolute Gasteiger partial charge is 0.254 e. The Kier molecular flexibility index (Phi) is 2.74. The Bertz CT molecular complexity index is 499. The van der Waals surface area contributed by atoms with E-state index in [4.69, 9.17) is 4.74 Å². The molecule has 0 unspecified atom stereocenters. The fourth-order valence-electron chi connectivity index (χ4n) is 2.95. The third-order valence-corrected chi connectivity index (χ3v) is 3.93. The third kappa shape index (κ3) is 1.52. The summed E-state index contributed by atoms with van der Waals surface area (Å²) in [4.78, 5) is 14.3. The molecule has 0 aliphatic carbocycles. The van der Waals surface area contributed by atoms with Gasteiger partial charge in [-0.3, -0.25) is 4.79 Å². The van der Waals surface area contributed by atoms with Crippen LogP contribution in [0.2, 0.25) is 0 Å². The van der Waals surface area contributed by atoms with Crippen molar-refractivity contribution in [2.24, 2.45) is 0 Å². The first-order chi connectivity index (χ1) is 8.76. The number of rotatable bonds is 2. The molecular weight excluding hydrogens is 228 g/mol. The molecule has 0 spiro atoms. The van der Waals surface area contributed by atoms with Crippen LogP contribution >= 0.6 is 0 Å². The van der Waals surface area contributed by atoms with Gasteiger partial charge in [-0.1, -0.05) is 6.92 Å². The predicted molar refractivity (Wildman–Crippen MR) is 69.0 cm³/mol. The quantitative estimate of drug-likeness (QED) is 0.856. The molecule has 0 saturated carbocycles. The van der Waals surface area contributed by atoms with E-state index in [1.807, 2.05) is 11.0 Å². The van der Waals surface area contributed by atoms with Gasteiger partial charge >= 0.3 is 0 Å². The Morgan fingerprint density at radius 1 is 1.50 bits per heavy atom. The van der Waals surface area contributed by atoms with Gasteiger partial charge in [0.05, 0.1) is 13.2 Å². The number of hydrogen-bond acceptors (Lipinski definition) is 3. The number of methoxy groups -OCH3 is 1. The number of carbonyl (C=O) groups is 1. The lowest BCUT2D eigenvalue weighted by Gasteiger charge is -2.30. The molecule has 1 fully saturated rings. The first-order valence-electron chi connectivity index (χ1n) is 6.48. The van der Waals surface area contributed by atoms with Gasteiger partial charge in [-0.25, -0.2) is 0 Å². The van der Waals surface area contributed by atoms with E-state index in [9.17, 15) is 4.79 Å². The summed E-state index contributed by atoms with van der Waals surface area (Å²) in [6, 6.07) is 4.26. The van der Waals surface area contributed by atoms with Crippen molar-refractivity contribution >= 4 is 5.91 Å². The van der Waals surface area contributed by atoms with Crippen LogP contribution in [0.4, 0.5) is 0 Å². The number of fused-ring (bicyclic) bond motifs is 3. The average molecular weight is 246 g/mol. The van der Waals surface area contributed by atoms with Crippen LogP contribution in [0.3, 0.4) is 0 Å². The first-order valence-corrected chi connectivity index (χ1v) is 6.48. The fraction of sp³-hybridized carbons (Fsp3) is 0.500. The van der Waals surface area contributed by atoms with E-state index in [1.165, 1.54) is 5.56 Å². The molecule has 18 heavy (non-hydrogen) atoms. The minimum Gasteiger partial charge on any atom is -0.496 e. The summed E-state index contributed by atoms with van der Waals surface area (Å²) in [5, 5.41) is 3.36. The molecular formula is C14H18N2O2. The lowest BCUT2D eigenvalue weighted by molar-refractivity contribution is 0.0690. The van der Waals surface area contributed by atoms with Crippen molar-refractivity contribution in [2.75, 3.05) is 26.7 Å². The van der Waals surface area contributed by atoms with Crippen LogP contribution in [0.5, 0.6) is 5.75 Å². The third-order valence-electron chi connectivity index (χ3n) is 3.93. The highest BCUT2D eigenvalue weighted by atomic mass is 16.5. The van der Waals surface area contributed by atoms with Crippen molar-refractivity contribution in [1.82, 2.24) is 10.2 Å². The Morgan fingerprint density at radius 3 is 3.06 bits per heavy atom. The molecule has 0 aromatic heterocycles. The number of benzene rings is 1. The van der Waals surface area contributed by atoms with E-state index in [-0.39, 0.29) is 11.9 Å². The average Bonchev–Trinajstić information content (AvgIpc) is 2.71. The normalized spacial score (nSPS) is 21.8. The number of aryl methyl sites for hydroxylation is 1. The summed E-state index contributed by atoms with van der Waals surface area (Å²) in [5.41, 5.74) is 3.15. The van der Waals surface area contributed by atoms with Crippen molar-refractivity contribution in [1.29, 1.82) is 0 Å². The van der Waals surface area contributed by atoms with E-state index in [2.05, 4.69) is 18.3 Å². The van der Waals surface area contributed by atoms with Crippen LogP contribution in [-0.2, 0) is 6.42 Å². The summed E-state index contributed by atoms with van der Waals surface area (Å²) >= 11 is 0. The zero-order valence-electron chi connectivity index (χ0n) is 10.8. The standard InChI is InChI=1S/C14H18N2O2/c1-3-9-6-10-11(7-13(9)18-2)14(17)16-5-4-15-8-12(10)16/h6-7,12,15H,3-5,8H2,1-2H3/t12-/m0/s1. The molecule has 2 heterocycles. The molecule has 1 aromatic rings. The molecule has 1 saturated heterocycles. The van der Waals surface area contributed by atoms with E-state index >= 15 is 0 Å². The monoisotopic (exact) mass is 246 g/mol. The molecule has 2 aliphatic rings. The summed E-state index contributed by atoms with van der Waals surface area (Å²) in [6.07, 6.45) is 0.921. The largest absolute Gasteiger partial charge is 0.496 e. The van der Waals surface area contributed by atoms with Gasteiger partial charge in [0.1, 0.15) is 5.75 Å². The molecule has 4 nitrogen and oxygen atoms in total. The molecule has 1 atom stereocenters. The maximum atomic E-state index is 12.3. The Labute approximate surface area is 107 Å². The number of hydrogen-bond donors (Lipinski definition) is 1. The zero-order valence-corrected chi connectivity index (χ0v) is 10.8. The SMILES string of the molecule is CCc1cc2c(cc1OC)C(=O)N1CCNC[C@@H]21. The van der Waals surface area contributed by atoms with Gasteiger partial charge in [0, 0.05) is 25.2 Å². The van der Waals surface area contributed by atoms with E-state index < -0.39 is 0 Å². The van der Waals surface area contributed by atoms with Crippen molar-refractivity contribution in [2.45, 2.75) is 19.4 Å². The number of nitrogens with one attached hydrogen (secondary N) is 1. The number of amides is 1. The minimum atomic E-state index is 0.150. The van der Waals surface area contributed by atoms with Crippen molar-refractivity contribution < 1.29 is 9.53 Å². The number of ether oxygens (including phenoxy) is 1. The number of carbonyl (C=O) groups excluding carboxylic acids is 1. The predicted octanol–water partition coefficient (Wildman–Crippen LogP) is 1.36. The Balaban J connectivity index is 2.11. The van der Waals surface area contributed by atoms with Gasteiger partial charge in [0.25, 0.3) is 5.91 Å². The maximum Gasteiger partial charge on any atom is 0.254 e. The van der Waals surface area contributed by atoms with Crippen LogP contribution in [0, 0.1) is 0 Å². The van der Waals surface area contributed by atoms with Crippen LogP contribution in [0.25, 0.3) is 0 Å². The molecule has 1 N–H and O–H groups in total. The minimum absolute atomic E-state index is 0.150. The highest BCUT2D eigenvalue weighted by Crippen LogP contribution is 2.38. The second-order valence-electron chi connectivity index (χ2n) is 4.82. The second kappa shape index (κ2) is 4.28. The Hall–Kier alpha value is -1.55. The lowest BCUT2D eigenvalue weighted by Crippen LogP contribution is -2.44. The molecule has 4 heteroatoms. The molecule has 1 amide bonds. The summed E-state index contributed by atoms with van der Waals surface area (Å²) < 4.78 is 5.38. The fourth-order valence-corrected chi connectivity index (χ4v) is 2.95. The molecule has 0 bridgehead atoms. The lowest BCUT2D eigenvalue weighted by atomic mass is 9.99. The van der Waals surface area contributed by atoms with Crippen LogP contribution in [0.15, 0.2) is 12.1 Å². The molecule has 2 aliphatic heterocycles. The Morgan fingerprint density at radius 2 is 2.33 bits per heavy atom. The molecule has 1 aromatic carbocycles. The maximum absolute atomic E-state index is 12.3. The first kappa shape index (κ1) is 11.5. The highest BCUT2D eigenvalue weighted by molar-refractivity contribution is 6.00.